The molecule has 1 radical (unpaired) electrons. The van der Waals surface area contributed by atoms with Crippen LogP contribution in [0.15, 0.2) is 78.3 Å². The van der Waals surface area contributed by atoms with E-state index in [2.05, 4.69) is 35.2 Å². The Bertz CT molecular complexity index is 1710. The fourth-order valence-electron chi connectivity index (χ4n) is 5.14. The first-order valence-electron chi connectivity index (χ1n) is 12.1. The van der Waals surface area contributed by atoms with Gasteiger partial charge in [-0.2, -0.15) is 4.99 Å². The number of fused-ring (bicyclic) bond motifs is 4. The molecular weight excluding hydrogens is 464 g/mol. The number of aromatic amines is 1. The quantitative estimate of drug-likeness (QED) is 0.340. The maximum atomic E-state index is 13.2. The summed E-state index contributed by atoms with van der Waals surface area (Å²) in [5, 5.41) is 5.33. The molecule has 6 rings (SSSR count). The number of amides is 2. The molecule has 37 heavy (non-hydrogen) atoms. The molecule has 2 amide bonds. The molecule has 0 spiro atoms. The van der Waals surface area contributed by atoms with Gasteiger partial charge in [0, 0.05) is 28.0 Å². The summed E-state index contributed by atoms with van der Waals surface area (Å²) >= 11 is 0. The predicted octanol–water partition coefficient (Wildman–Crippen LogP) is 5.06. The molecule has 4 aromatic rings. The Morgan fingerprint density at radius 1 is 1.11 bits per heavy atom. The first-order chi connectivity index (χ1) is 17.8. The van der Waals surface area contributed by atoms with E-state index in [1.165, 1.54) is 0 Å². The number of H-pyrrole nitrogens is 1. The average molecular weight is 491 g/mol. The zero-order chi connectivity index (χ0) is 25.8. The molecule has 3 heterocycles. The molecule has 2 aliphatic rings. The van der Waals surface area contributed by atoms with Gasteiger partial charge < -0.3 is 16.0 Å². The molecule has 3 aromatic carbocycles. The molecule has 4 N–H and O–H groups in total. The zero-order valence-electron chi connectivity index (χ0n) is 20.7. The van der Waals surface area contributed by atoms with Gasteiger partial charge in [0.1, 0.15) is 0 Å². The van der Waals surface area contributed by atoms with Gasteiger partial charge in [-0.3, -0.25) is 14.5 Å². The minimum Gasteiger partial charge on any atom is -0.383 e. The van der Waals surface area contributed by atoms with Crippen molar-refractivity contribution in [1.29, 1.82) is 0 Å². The van der Waals surface area contributed by atoms with Crippen LogP contribution in [-0.4, -0.2) is 28.7 Å². The van der Waals surface area contributed by atoms with Gasteiger partial charge in [-0.1, -0.05) is 24.3 Å². The molecule has 8 heteroatoms. The molecule has 8 nitrogen and oxygen atoms in total. The van der Waals surface area contributed by atoms with Gasteiger partial charge in [-0.25, -0.2) is 0 Å². The monoisotopic (exact) mass is 490 g/mol. The second-order valence-electron chi connectivity index (χ2n) is 9.54. The van der Waals surface area contributed by atoms with Crippen LogP contribution in [0.5, 0.6) is 0 Å². The number of anilines is 2. The van der Waals surface area contributed by atoms with Gasteiger partial charge in [-0.05, 0) is 66.6 Å². The summed E-state index contributed by atoms with van der Waals surface area (Å²) in [5.74, 6) is -0.323. The number of nitrogens with two attached hydrogens (primary N) is 1. The lowest BCUT2D eigenvalue weighted by Crippen LogP contribution is -2.44. The van der Waals surface area contributed by atoms with Gasteiger partial charge in [-0.15, -0.1) is 0 Å². The number of amidine groups is 1. The van der Waals surface area contributed by atoms with E-state index < -0.39 is 5.91 Å². The van der Waals surface area contributed by atoms with E-state index >= 15 is 0 Å². The number of carbonyl (C=O) groups excluding carboxylic acids is 2. The lowest BCUT2D eigenvalue weighted by molar-refractivity contribution is -0.112. The molecule has 2 aliphatic heterocycles. The van der Waals surface area contributed by atoms with Crippen molar-refractivity contribution in [2.24, 2.45) is 10.7 Å². The molecule has 0 unspecified atom stereocenters. The SMILES string of the molecule is Cc1c(-c2ccc(C(N)=O)c3[nH]c4cc(NC(C)C)ccc4c23)cccc1N1C=C[N+]2C=CN=C2C1=O. The topological polar surface area (TPSA) is 109 Å². The summed E-state index contributed by atoms with van der Waals surface area (Å²) in [6.07, 6.45) is 6.93. The highest BCUT2D eigenvalue weighted by Crippen LogP contribution is 2.40. The predicted molar refractivity (Wildman–Crippen MR) is 149 cm³/mol. The first kappa shape index (κ1) is 22.8. The van der Waals surface area contributed by atoms with Gasteiger partial charge in [0.05, 0.1) is 29.2 Å². The third kappa shape index (κ3) is 3.61. The number of aliphatic imine (C=N–C) groups is 1. The second-order valence-corrected chi connectivity index (χ2v) is 9.54. The van der Waals surface area contributed by atoms with Crippen LogP contribution in [0.3, 0.4) is 0 Å². The van der Waals surface area contributed by atoms with Crippen molar-refractivity contribution < 1.29 is 9.59 Å². The van der Waals surface area contributed by atoms with E-state index in [9.17, 15) is 9.59 Å². The van der Waals surface area contributed by atoms with Crippen LogP contribution in [0.1, 0.15) is 29.8 Å². The Hall–Kier alpha value is -4.69. The Kier molecular flexibility index (Phi) is 5.20. The van der Waals surface area contributed by atoms with E-state index in [0.717, 1.165) is 44.4 Å². The largest absolute Gasteiger partial charge is 0.383 e. The van der Waals surface area contributed by atoms with Crippen molar-refractivity contribution in [2.45, 2.75) is 26.8 Å². The molecule has 0 saturated carbocycles. The highest BCUT2D eigenvalue weighted by molar-refractivity contribution is 6.45. The van der Waals surface area contributed by atoms with Gasteiger partial charge >= 0.3 is 11.7 Å². The molecule has 0 bridgehead atoms. The van der Waals surface area contributed by atoms with E-state index in [1.807, 2.05) is 49.5 Å². The number of aromatic nitrogens is 1. The molecule has 0 saturated heterocycles. The summed E-state index contributed by atoms with van der Waals surface area (Å²) in [7, 11) is 0. The normalized spacial score (nSPS) is 15.2. The first-order valence-corrected chi connectivity index (χ1v) is 12.1. The van der Waals surface area contributed by atoms with Crippen LogP contribution >= 0.6 is 0 Å². The number of nitrogens with one attached hydrogen (secondary N) is 2. The van der Waals surface area contributed by atoms with Crippen LogP contribution in [0.25, 0.3) is 32.9 Å². The Morgan fingerprint density at radius 3 is 2.73 bits per heavy atom. The highest BCUT2D eigenvalue weighted by atomic mass is 16.2. The highest BCUT2D eigenvalue weighted by Gasteiger charge is 2.39. The fourth-order valence-corrected chi connectivity index (χ4v) is 5.14. The molecule has 183 valence electrons. The standard InChI is InChI=1S/C29H26N6O2/c1-16(2)32-18-7-8-21-23(15-18)33-26-22(27(30)36)10-9-20(25(21)26)19-5-4-6-24(17(19)3)35-14-13-34-12-11-31-28(34)29(35)37/h4-16,32-33H,1-3H3,(H2,30,36)/q+1. The van der Waals surface area contributed by atoms with Gasteiger partial charge in [0.15, 0.2) is 12.4 Å². The Morgan fingerprint density at radius 2 is 1.95 bits per heavy atom. The molecule has 1 aromatic heterocycles. The summed E-state index contributed by atoms with van der Waals surface area (Å²) in [6.45, 7) is 6.17. The third-order valence-corrected chi connectivity index (χ3v) is 6.78. The molecule has 0 aliphatic carbocycles. The fraction of sp³-hybridized carbons (Fsp3) is 0.138. The minimum atomic E-state index is -0.492. The molecular formula is C29H26N6O2+. The summed E-state index contributed by atoms with van der Waals surface area (Å²) in [4.78, 5) is 36.5. The Balaban J connectivity index is 1.55. The smallest absolute Gasteiger partial charge is 0.354 e. The van der Waals surface area contributed by atoms with Crippen molar-refractivity contribution in [2.75, 3.05) is 10.2 Å². The van der Waals surface area contributed by atoms with Crippen LogP contribution in [0, 0.1) is 6.92 Å². The van der Waals surface area contributed by atoms with Gasteiger partial charge in [0.2, 0.25) is 0 Å². The van der Waals surface area contributed by atoms with Crippen molar-refractivity contribution in [3.05, 3.63) is 84.5 Å². The van der Waals surface area contributed by atoms with E-state index in [4.69, 9.17) is 5.73 Å². The average Bonchev–Trinajstić information content (AvgIpc) is 3.49. The number of carbonyl (C=O) groups is 2. The number of rotatable bonds is 5. The van der Waals surface area contributed by atoms with Crippen LogP contribution < -0.4 is 20.9 Å². The number of benzene rings is 3. The summed E-state index contributed by atoms with van der Waals surface area (Å²) in [5.41, 5.74) is 12.4. The maximum absolute atomic E-state index is 13.2. The van der Waals surface area contributed by atoms with Crippen molar-refractivity contribution in [1.82, 2.24) is 9.88 Å². The van der Waals surface area contributed by atoms with Crippen molar-refractivity contribution in [3.8, 4) is 11.1 Å². The number of primary amides is 1. The minimum absolute atomic E-state index is 0.195. The van der Waals surface area contributed by atoms with E-state index in [-0.39, 0.29) is 11.9 Å². The van der Waals surface area contributed by atoms with Crippen LogP contribution in [-0.2, 0) is 4.79 Å². The van der Waals surface area contributed by atoms with Crippen LogP contribution in [0.4, 0.5) is 11.4 Å². The molecule has 0 atom stereocenters. The number of nitrogens with zero attached hydrogens (tertiary/aromatic N) is 3. The van der Waals surface area contributed by atoms with Crippen LogP contribution in [0.2, 0.25) is 0 Å². The zero-order valence-corrected chi connectivity index (χ0v) is 20.7. The molecule has 0 fully saturated rings. The maximum Gasteiger partial charge on any atom is 0.354 e. The lowest BCUT2D eigenvalue weighted by atomic mass is 9.93. The lowest BCUT2D eigenvalue weighted by Gasteiger charge is -2.23. The third-order valence-electron chi connectivity index (χ3n) is 6.78. The van der Waals surface area contributed by atoms with Gasteiger partial charge in [0.25, 0.3) is 5.91 Å². The van der Waals surface area contributed by atoms with Crippen molar-refractivity contribution >= 4 is 50.8 Å². The van der Waals surface area contributed by atoms with E-state index in [1.54, 1.807) is 34.5 Å². The summed E-state index contributed by atoms with van der Waals surface area (Å²) < 4.78 is 0. The number of hydrogen-bond acceptors (Lipinski definition) is 5. The second kappa shape index (κ2) is 8.46. The summed E-state index contributed by atoms with van der Waals surface area (Å²) in [6, 6.07) is 16.0. The van der Waals surface area contributed by atoms with Crippen molar-refractivity contribution in [3.63, 3.8) is 0 Å². The Labute approximate surface area is 213 Å². The van der Waals surface area contributed by atoms with E-state index in [0.29, 0.717) is 16.9 Å². The number of hydrogen-bond donors (Lipinski definition) is 3.